The zero-order chi connectivity index (χ0) is 18.7. The number of phenolic OH excluding ortho intramolecular Hbond substituents is 1. The van der Waals surface area contributed by atoms with Crippen molar-refractivity contribution in [3.8, 4) is 16.9 Å². The SMILES string of the molecule is CCOC(=O)c1oc2cc(-c3ccccc3)cc(O)c2c1CNC(C)C. The van der Waals surface area contributed by atoms with Gasteiger partial charge in [-0.1, -0.05) is 44.2 Å². The summed E-state index contributed by atoms with van der Waals surface area (Å²) in [7, 11) is 0. The Hall–Kier alpha value is -2.79. The minimum absolute atomic E-state index is 0.0845. The van der Waals surface area contributed by atoms with E-state index in [9.17, 15) is 9.90 Å². The first-order valence-electron chi connectivity index (χ1n) is 8.75. The number of fused-ring (bicyclic) bond motifs is 1. The van der Waals surface area contributed by atoms with Crippen LogP contribution in [-0.2, 0) is 11.3 Å². The molecule has 0 aliphatic heterocycles. The van der Waals surface area contributed by atoms with E-state index in [2.05, 4.69) is 5.32 Å². The standard InChI is InChI=1S/C21H23NO4/c1-4-25-21(24)20-16(12-22-13(2)3)19-17(23)10-15(11-18(19)26-20)14-8-6-5-7-9-14/h5-11,13,22-23H,4,12H2,1-3H3. The molecule has 1 heterocycles. The zero-order valence-corrected chi connectivity index (χ0v) is 15.2. The van der Waals surface area contributed by atoms with Crippen molar-refractivity contribution in [2.45, 2.75) is 33.4 Å². The molecule has 5 nitrogen and oxygen atoms in total. The van der Waals surface area contributed by atoms with Crippen molar-refractivity contribution in [3.05, 3.63) is 53.8 Å². The molecule has 0 spiro atoms. The summed E-state index contributed by atoms with van der Waals surface area (Å²) in [6.07, 6.45) is 0. The number of hydrogen-bond donors (Lipinski definition) is 2. The molecule has 26 heavy (non-hydrogen) atoms. The van der Waals surface area contributed by atoms with Gasteiger partial charge in [0.25, 0.3) is 0 Å². The lowest BCUT2D eigenvalue weighted by Crippen LogP contribution is -2.23. The van der Waals surface area contributed by atoms with Gasteiger partial charge >= 0.3 is 5.97 Å². The van der Waals surface area contributed by atoms with Gasteiger partial charge in [0.15, 0.2) is 0 Å². The number of carbonyl (C=O) groups excluding carboxylic acids is 1. The van der Waals surface area contributed by atoms with Gasteiger partial charge in [-0.05, 0) is 30.2 Å². The van der Waals surface area contributed by atoms with E-state index < -0.39 is 5.97 Å². The number of rotatable bonds is 6. The lowest BCUT2D eigenvalue weighted by molar-refractivity contribution is 0.0490. The van der Waals surface area contributed by atoms with Gasteiger partial charge < -0.3 is 19.6 Å². The molecule has 3 rings (SSSR count). The van der Waals surface area contributed by atoms with E-state index >= 15 is 0 Å². The average molecular weight is 353 g/mol. The molecule has 2 N–H and O–H groups in total. The topological polar surface area (TPSA) is 71.7 Å². The maximum absolute atomic E-state index is 12.3. The summed E-state index contributed by atoms with van der Waals surface area (Å²) in [5, 5.41) is 14.5. The number of ether oxygens (including phenoxy) is 1. The molecule has 3 aromatic rings. The molecule has 0 saturated carbocycles. The van der Waals surface area contributed by atoms with E-state index in [4.69, 9.17) is 9.15 Å². The number of hydrogen-bond acceptors (Lipinski definition) is 5. The fourth-order valence-electron chi connectivity index (χ4n) is 2.90. The number of phenols is 1. The van der Waals surface area contributed by atoms with E-state index in [1.165, 1.54) is 0 Å². The van der Waals surface area contributed by atoms with Crippen LogP contribution in [0.3, 0.4) is 0 Å². The van der Waals surface area contributed by atoms with Crippen molar-refractivity contribution in [1.29, 1.82) is 0 Å². The van der Waals surface area contributed by atoms with E-state index in [0.717, 1.165) is 11.1 Å². The maximum atomic E-state index is 12.3. The Morgan fingerprint density at radius 1 is 1.19 bits per heavy atom. The van der Waals surface area contributed by atoms with Crippen molar-refractivity contribution >= 4 is 16.9 Å². The molecule has 1 aromatic heterocycles. The molecule has 2 aromatic carbocycles. The Labute approximate surface area is 152 Å². The maximum Gasteiger partial charge on any atom is 0.374 e. The lowest BCUT2D eigenvalue weighted by Gasteiger charge is -2.09. The molecule has 0 saturated heterocycles. The molecule has 136 valence electrons. The van der Waals surface area contributed by atoms with Crippen molar-refractivity contribution in [2.75, 3.05) is 6.61 Å². The summed E-state index contributed by atoms with van der Waals surface area (Å²) in [6, 6.07) is 13.5. The number of aromatic hydroxyl groups is 1. The second-order valence-electron chi connectivity index (χ2n) is 6.40. The molecule has 0 bridgehead atoms. The average Bonchev–Trinajstić information content (AvgIpc) is 3.00. The van der Waals surface area contributed by atoms with Crippen LogP contribution in [0.15, 0.2) is 46.9 Å². The number of esters is 1. The molecule has 0 atom stereocenters. The van der Waals surface area contributed by atoms with Gasteiger partial charge in [-0.2, -0.15) is 0 Å². The third-order valence-electron chi connectivity index (χ3n) is 4.12. The Morgan fingerprint density at radius 2 is 1.92 bits per heavy atom. The van der Waals surface area contributed by atoms with Gasteiger partial charge in [-0.15, -0.1) is 0 Å². The summed E-state index contributed by atoms with van der Waals surface area (Å²) < 4.78 is 10.9. The van der Waals surface area contributed by atoms with Gasteiger partial charge in [0, 0.05) is 18.2 Å². The van der Waals surface area contributed by atoms with E-state index in [0.29, 0.717) is 23.1 Å². The molecule has 0 amide bonds. The highest BCUT2D eigenvalue weighted by Gasteiger charge is 2.24. The molecule has 0 aliphatic carbocycles. The quantitative estimate of drug-likeness (QED) is 0.639. The van der Waals surface area contributed by atoms with Crippen LogP contribution in [0, 0.1) is 0 Å². The van der Waals surface area contributed by atoms with Crippen LogP contribution in [0.4, 0.5) is 0 Å². The predicted molar refractivity (Wildman–Crippen MR) is 101 cm³/mol. The summed E-state index contributed by atoms with van der Waals surface area (Å²) in [4.78, 5) is 12.3. The summed E-state index contributed by atoms with van der Waals surface area (Å²) >= 11 is 0. The molecular formula is C21H23NO4. The lowest BCUT2D eigenvalue weighted by atomic mass is 10.0. The highest BCUT2D eigenvalue weighted by Crippen LogP contribution is 2.37. The number of carbonyl (C=O) groups is 1. The first kappa shape index (κ1) is 18.0. The minimum atomic E-state index is -0.523. The van der Waals surface area contributed by atoms with Crippen molar-refractivity contribution in [1.82, 2.24) is 5.32 Å². The Bertz CT molecular complexity index is 913. The molecule has 0 fully saturated rings. The van der Waals surface area contributed by atoms with E-state index in [-0.39, 0.29) is 24.2 Å². The van der Waals surface area contributed by atoms with Crippen LogP contribution < -0.4 is 5.32 Å². The molecule has 0 unspecified atom stereocenters. The van der Waals surface area contributed by atoms with Crippen LogP contribution in [-0.4, -0.2) is 23.7 Å². The van der Waals surface area contributed by atoms with Gasteiger partial charge in [0.2, 0.25) is 5.76 Å². The van der Waals surface area contributed by atoms with Gasteiger partial charge in [-0.25, -0.2) is 4.79 Å². The first-order chi connectivity index (χ1) is 12.5. The third-order valence-corrected chi connectivity index (χ3v) is 4.12. The molecule has 0 aliphatic rings. The number of nitrogens with one attached hydrogen (secondary N) is 1. The fourth-order valence-corrected chi connectivity index (χ4v) is 2.90. The molecular weight excluding hydrogens is 330 g/mol. The van der Waals surface area contributed by atoms with Gasteiger partial charge in [0.1, 0.15) is 11.3 Å². The van der Waals surface area contributed by atoms with Crippen molar-refractivity contribution in [2.24, 2.45) is 0 Å². The molecule has 0 radical (unpaired) electrons. The highest BCUT2D eigenvalue weighted by atomic mass is 16.5. The normalized spacial score (nSPS) is 11.2. The van der Waals surface area contributed by atoms with Crippen LogP contribution in [0.5, 0.6) is 5.75 Å². The largest absolute Gasteiger partial charge is 0.507 e. The van der Waals surface area contributed by atoms with Crippen molar-refractivity contribution < 1.29 is 19.1 Å². The monoisotopic (exact) mass is 353 g/mol. The second kappa shape index (κ2) is 7.62. The van der Waals surface area contributed by atoms with Crippen LogP contribution >= 0.6 is 0 Å². The Morgan fingerprint density at radius 3 is 2.58 bits per heavy atom. The predicted octanol–water partition coefficient (Wildman–Crippen LogP) is 4.48. The Kier molecular flexibility index (Phi) is 5.28. The minimum Gasteiger partial charge on any atom is -0.507 e. The van der Waals surface area contributed by atoms with Crippen molar-refractivity contribution in [3.63, 3.8) is 0 Å². The Balaban J connectivity index is 2.15. The first-order valence-corrected chi connectivity index (χ1v) is 8.75. The van der Waals surface area contributed by atoms with E-state index in [1.807, 2.05) is 50.2 Å². The highest BCUT2D eigenvalue weighted by molar-refractivity contribution is 6.00. The summed E-state index contributed by atoms with van der Waals surface area (Å²) in [5.41, 5.74) is 2.86. The summed E-state index contributed by atoms with van der Waals surface area (Å²) in [6.45, 7) is 6.43. The third kappa shape index (κ3) is 3.58. The van der Waals surface area contributed by atoms with Crippen LogP contribution in [0.2, 0.25) is 0 Å². The zero-order valence-electron chi connectivity index (χ0n) is 15.2. The fraction of sp³-hybridized carbons (Fsp3) is 0.286. The second-order valence-corrected chi connectivity index (χ2v) is 6.40. The summed E-state index contributed by atoms with van der Waals surface area (Å²) in [5.74, 6) is -0.304. The van der Waals surface area contributed by atoms with Crippen LogP contribution in [0.1, 0.15) is 36.9 Å². The van der Waals surface area contributed by atoms with Crippen LogP contribution in [0.25, 0.3) is 22.1 Å². The van der Waals surface area contributed by atoms with E-state index in [1.54, 1.807) is 13.0 Å². The molecule has 5 heteroatoms. The number of benzene rings is 2. The smallest absolute Gasteiger partial charge is 0.374 e. The number of furan rings is 1. The van der Waals surface area contributed by atoms with Gasteiger partial charge in [-0.3, -0.25) is 0 Å². The van der Waals surface area contributed by atoms with Gasteiger partial charge in [0.05, 0.1) is 12.0 Å².